The zero-order valence-corrected chi connectivity index (χ0v) is 17.1. The number of benzene rings is 2. The van der Waals surface area contributed by atoms with Gasteiger partial charge in [-0.3, -0.25) is 9.59 Å². The van der Waals surface area contributed by atoms with Crippen molar-refractivity contribution in [2.45, 2.75) is 18.9 Å². The van der Waals surface area contributed by atoms with E-state index in [4.69, 9.17) is 0 Å². The summed E-state index contributed by atoms with van der Waals surface area (Å²) in [5, 5.41) is 2.75. The fraction of sp³-hybridized carbons (Fsp3) is 0.263. The van der Waals surface area contributed by atoms with Gasteiger partial charge in [-0.2, -0.15) is 4.31 Å². The van der Waals surface area contributed by atoms with E-state index >= 15 is 0 Å². The Morgan fingerprint density at radius 1 is 1.15 bits per heavy atom. The van der Waals surface area contributed by atoms with Crippen LogP contribution in [0, 0.1) is 0 Å². The molecule has 3 rings (SSSR count). The predicted octanol–water partition coefficient (Wildman–Crippen LogP) is 3.04. The molecule has 0 spiro atoms. The van der Waals surface area contributed by atoms with Crippen molar-refractivity contribution in [2.75, 3.05) is 18.1 Å². The molecule has 1 aliphatic heterocycles. The molecule has 1 fully saturated rings. The quantitative estimate of drug-likeness (QED) is 0.709. The number of hydrogen-bond donors (Lipinski definition) is 1. The van der Waals surface area contributed by atoms with Gasteiger partial charge in [-0.05, 0) is 31.0 Å². The molecular weight excluding hydrogens is 432 g/mol. The number of ketones is 1. The Labute approximate surface area is 166 Å². The van der Waals surface area contributed by atoms with Crippen LogP contribution in [-0.4, -0.2) is 43.3 Å². The lowest BCUT2D eigenvalue weighted by atomic mass is 10.0. The van der Waals surface area contributed by atoms with Crippen LogP contribution in [0.5, 0.6) is 0 Å². The molecule has 2 aromatic rings. The number of hydrogen-bond acceptors (Lipinski definition) is 4. The van der Waals surface area contributed by atoms with Crippen LogP contribution in [0.4, 0.5) is 5.69 Å². The van der Waals surface area contributed by atoms with Crippen LogP contribution < -0.4 is 5.32 Å². The van der Waals surface area contributed by atoms with Crippen LogP contribution in [0.15, 0.2) is 53.0 Å². The Kier molecular flexibility index (Phi) is 5.78. The third kappa shape index (κ3) is 4.45. The number of sulfonamides is 1. The van der Waals surface area contributed by atoms with Gasteiger partial charge in [0.2, 0.25) is 15.9 Å². The smallest absolute Gasteiger partial charge is 0.242 e. The minimum absolute atomic E-state index is 0.224. The topological polar surface area (TPSA) is 83.6 Å². The summed E-state index contributed by atoms with van der Waals surface area (Å²) in [6.45, 7) is 0.326. The monoisotopic (exact) mass is 450 g/mol. The highest BCUT2D eigenvalue weighted by Crippen LogP contribution is 2.26. The van der Waals surface area contributed by atoms with Gasteiger partial charge in [-0.15, -0.1) is 0 Å². The highest BCUT2D eigenvalue weighted by molar-refractivity contribution is 9.10. The van der Waals surface area contributed by atoms with E-state index < -0.39 is 22.0 Å². The maximum atomic E-state index is 12.9. The lowest BCUT2D eigenvalue weighted by molar-refractivity contribution is -0.119. The molecule has 0 radical (unpaired) electrons. The van der Waals surface area contributed by atoms with Gasteiger partial charge in [-0.25, -0.2) is 8.42 Å². The number of rotatable bonds is 5. The van der Waals surface area contributed by atoms with E-state index in [9.17, 15) is 18.0 Å². The first-order valence-corrected chi connectivity index (χ1v) is 11.1. The van der Waals surface area contributed by atoms with E-state index in [2.05, 4.69) is 21.2 Å². The SMILES string of the molecule is CS(=O)(=O)N1CCCC1C(=O)Nc1ccc(Br)cc1C(=O)c1ccccc1. The molecule has 2 aromatic carbocycles. The van der Waals surface area contributed by atoms with E-state index in [1.165, 1.54) is 4.31 Å². The molecule has 1 aliphatic rings. The van der Waals surface area contributed by atoms with Crippen LogP contribution in [0.25, 0.3) is 0 Å². The fourth-order valence-electron chi connectivity index (χ4n) is 3.17. The van der Waals surface area contributed by atoms with Gasteiger partial charge in [0.05, 0.1) is 11.9 Å². The van der Waals surface area contributed by atoms with Crippen molar-refractivity contribution in [3.05, 3.63) is 64.1 Å². The van der Waals surface area contributed by atoms with Gasteiger partial charge < -0.3 is 5.32 Å². The Bertz CT molecular complexity index is 976. The highest BCUT2D eigenvalue weighted by atomic mass is 79.9. The molecule has 0 aromatic heterocycles. The Balaban J connectivity index is 1.89. The maximum Gasteiger partial charge on any atom is 0.242 e. The number of amides is 1. The van der Waals surface area contributed by atoms with E-state index in [1.807, 2.05) is 6.07 Å². The molecule has 0 bridgehead atoms. The summed E-state index contributed by atoms with van der Waals surface area (Å²) in [7, 11) is -3.47. The number of carbonyl (C=O) groups is 2. The van der Waals surface area contributed by atoms with E-state index in [1.54, 1.807) is 42.5 Å². The molecule has 1 amide bonds. The molecule has 0 saturated carbocycles. The average molecular weight is 451 g/mol. The summed E-state index contributed by atoms with van der Waals surface area (Å²) >= 11 is 3.35. The van der Waals surface area contributed by atoms with Gasteiger partial charge in [0, 0.05) is 22.1 Å². The second-order valence-electron chi connectivity index (χ2n) is 6.41. The van der Waals surface area contributed by atoms with Gasteiger partial charge in [-0.1, -0.05) is 46.3 Å². The average Bonchev–Trinajstić information content (AvgIpc) is 3.14. The number of halogens is 1. The van der Waals surface area contributed by atoms with Crippen LogP contribution in [-0.2, 0) is 14.8 Å². The van der Waals surface area contributed by atoms with Crippen molar-refractivity contribution in [1.82, 2.24) is 4.31 Å². The molecule has 142 valence electrons. The molecule has 1 N–H and O–H groups in total. The number of nitrogens with one attached hydrogen (secondary N) is 1. The normalized spacial score (nSPS) is 17.6. The minimum Gasteiger partial charge on any atom is -0.324 e. The van der Waals surface area contributed by atoms with Crippen molar-refractivity contribution in [3.63, 3.8) is 0 Å². The second-order valence-corrected chi connectivity index (χ2v) is 9.26. The summed E-state index contributed by atoms with van der Waals surface area (Å²) in [6, 6.07) is 13.0. The van der Waals surface area contributed by atoms with Gasteiger partial charge >= 0.3 is 0 Å². The van der Waals surface area contributed by atoms with Crippen molar-refractivity contribution in [1.29, 1.82) is 0 Å². The number of carbonyl (C=O) groups excluding carboxylic acids is 2. The predicted molar refractivity (Wildman–Crippen MR) is 107 cm³/mol. The van der Waals surface area contributed by atoms with Crippen LogP contribution in [0.3, 0.4) is 0 Å². The largest absolute Gasteiger partial charge is 0.324 e. The highest BCUT2D eigenvalue weighted by Gasteiger charge is 2.36. The zero-order valence-electron chi connectivity index (χ0n) is 14.7. The van der Waals surface area contributed by atoms with Crippen LogP contribution in [0.1, 0.15) is 28.8 Å². The molecule has 1 atom stereocenters. The number of nitrogens with zero attached hydrogens (tertiary/aromatic N) is 1. The molecule has 8 heteroatoms. The third-order valence-electron chi connectivity index (χ3n) is 4.45. The Morgan fingerprint density at radius 2 is 1.85 bits per heavy atom. The van der Waals surface area contributed by atoms with Crippen LogP contribution in [0.2, 0.25) is 0 Å². The first kappa shape index (κ1) is 19.7. The first-order chi connectivity index (χ1) is 12.8. The van der Waals surface area contributed by atoms with E-state index in [0.29, 0.717) is 40.7 Å². The summed E-state index contributed by atoms with van der Waals surface area (Å²) in [5.74, 6) is -0.652. The second kappa shape index (κ2) is 7.92. The Morgan fingerprint density at radius 3 is 2.52 bits per heavy atom. The van der Waals surface area contributed by atoms with Gasteiger partial charge in [0.25, 0.3) is 0 Å². The van der Waals surface area contributed by atoms with Gasteiger partial charge in [0.1, 0.15) is 6.04 Å². The summed E-state index contributed by atoms with van der Waals surface area (Å²) in [6.07, 6.45) is 2.18. The molecule has 1 saturated heterocycles. The summed E-state index contributed by atoms with van der Waals surface area (Å²) in [5.41, 5.74) is 1.20. The molecule has 1 heterocycles. The molecule has 1 unspecified atom stereocenters. The van der Waals surface area contributed by atoms with E-state index in [-0.39, 0.29) is 5.78 Å². The summed E-state index contributed by atoms with van der Waals surface area (Å²) in [4.78, 5) is 25.6. The lowest BCUT2D eigenvalue weighted by Crippen LogP contribution is -2.42. The van der Waals surface area contributed by atoms with Crippen molar-refractivity contribution in [3.8, 4) is 0 Å². The summed E-state index contributed by atoms with van der Waals surface area (Å²) < 4.78 is 25.7. The van der Waals surface area contributed by atoms with Crippen molar-refractivity contribution < 1.29 is 18.0 Å². The van der Waals surface area contributed by atoms with Gasteiger partial charge in [0.15, 0.2) is 5.78 Å². The Hall–Kier alpha value is -2.03. The molecule has 0 aliphatic carbocycles. The van der Waals surface area contributed by atoms with E-state index in [0.717, 1.165) is 6.26 Å². The zero-order chi connectivity index (χ0) is 19.6. The lowest BCUT2D eigenvalue weighted by Gasteiger charge is -2.22. The molecular formula is C19H19BrN2O4S. The van der Waals surface area contributed by atoms with Crippen molar-refractivity contribution >= 4 is 43.3 Å². The fourth-order valence-corrected chi connectivity index (χ4v) is 4.66. The van der Waals surface area contributed by atoms with Crippen molar-refractivity contribution in [2.24, 2.45) is 0 Å². The molecule has 27 heavy (non-hydrogen) atoms. The third-order valence-corrected chi connectivity index (χ3v) is 6.23. The number of anilines is 1. The van der Waals surface area contributed by atoms with Crippen LogP contribution >= 0.6 is 15.9 Å². The molecule has 6 nitrogen and oxygen atoms in total. The maximum absolute atomic E-state index is 12.9. The minimum atomic E-state index is -3.47. The standard InChI is InChI=1S/C19H19BrN2O4S/c1-27(25,26)22-11-5-8-17(22)19(24)21-16-10-9-14(20)12-15(16)18(23)13-6-3-2-4-7-13/h2-4,6-7,9-10,12,17H,5,8,11H2,1H3,(H,21,24). The first-order valence-electron chi connectivity index (χ1n) is 8.44.